The molecular weight excluding hydrogens is 396 g/mol. The van der Waals surface area contributed by atoms with Gasteiger partial charge in [0.25, 0.3) is 0 Å². The highest BCUT2D eigenvalue weighted by atomic mass is 35.5. The second kappa shape index (κ2) is 10.1. The summed E-state index contributed by atoms with van der Waals surface area (Å²) in [5.74, 6) is -0.491. The van der Waals surface area contributed by atoms with Crippen molar-refractivity contribution in [3.63, 3.8) is 0 Å². The molecule has 1 aliphatic rings. The summed E-state index contributed by atoms with van der Waals surface area (Å²) in [6.07, 6.45) is 2.02. The van der Waals surface area contributed by atoms with Crippen molar-refractivity contribution in [1.29, 1.82) is 0 Å². The number of Topliss-reactive ketones (excluding diaryl/α,β-unsaturated/α-hetero) is 1. The van der Waals surface area contributed by atoms with Crippen molar-refractivity contribution in [1.82, 2.24) is 4.90 Å². The van der Waals surface area contributed by atoms with E-state index >= 15 is 0 Å². The van der Waals surface area contributed by atoms with Crippen LogP contribution in [0.3, 0.4) is 0 Å². The van der Waals surface area contributed by atoms with Gasteiger partial charge in [0.05, 0.1) is 0 Å². The van der Waals surface area contributed by atoms with Crippen LogP contribution in [0.2, 0.25) is 5.02 Å². The van der Waals surface area contributed by atoms with Gasteiger partial charge >= 0.3 is 12.1 Å². The monoisotopic (exact) mass is 424 g/mol. The van der Waals surface area contributed by atoms with Gasteiger partial charge in [-0.2, -0.15) is 0 Å². The minimum Gasteiger partial charge on any atom is -0.427 e. The quantitative estimate of drug-likeness (QED) is 0.530. The fourth-order valence-corrected chi connectivity index (χ4v) is 4.02. The van der Waals surface area contributed by atoms with Gasteiger partial charge in [0.1, 0.15) is 11.6 Å². The summed E-state index contributed by atoms with van der Waals surface area (Å²) in [7, 11) is 1.50. The van der Waals surface area contributed by atoms with Crippen molar-refractivity contribution >= 4 is 29.4 Å². The van der Waals surface area contributed by atoms with Gasteiger partial charge in [-0.05, 0) is 37.7 Å². The summed E-state index contributed by atoms with van der Waals surface area (Å²) < 4.78 is 10.1. The van der Waals surface area contributed by atoms with E-state index in [9.17, 15) is 14.4 Å². The molecule has 2 rings (SSSR count). The first-order chi connectivity index (χ1) is 13.7. The molecule has 29 heavy (non-hydrogen) atoms. The summed E-state index contributed by atoms with van der Waals surface area (Å²) >= 11 is 6.37. The average Bonchev–Trinajstić information content (AvgIpc) is 2.67. The fraction of sp³-hybridized carbons (Fsp3) is 0.571. The number of ketones is 1. The van der Waals surface area contributed by atoms with E-state index in [1.807, 2.05) is 13.8 Å². The number of nitrogens with zero attached hydrogens (tertiary/aromatic N) is 1. The maximum absolute atomic E-state index is 13.0. The highest BCUT2D eigenvalue weighted by Crippen LogP contribution is 2.42. The normalized spacial score (nSPS) is 20.3. The zero-order valence-electron chi connectivity index (χ0n) is 17.2. The topological polar surface area (TPSA) is 98.9 Å². The lowest BCUT2D eigenvalue weighted by atomic mass is 9.74. The number of rotatable bonds is 7. The third-order valence-corrected chi connectivity index (χ3v) is 5.56. The average molecular weight is 425 g/mol. The van der Waals surface area contributed by atoms with Crippen LogP contribution in [0.5, 0.6) is 0 Å². The Labute approximate surface area is 176 Å². The molecule has 7 nitrogen and oxygen atoms in total. The van der Waals surface area contributed by atoms with E-state index in [1.54, 1.807) is 24.3 Å². The van der Waals surface area contributed by atoms with Crippen LogP contribution < -0.4 is 5.73 Å². The summed E-state index contributed by atoms with van der Waals surface area (Å²) in [4.78, 5) is 38.8. The fourth-order valence-electron chi connectivity index (χ4n) is 3.73. The van der Waals surface area contributed by atoms with Crippen molar-refractivity contribution < 1.29 is 23.9 Å². The van der Waals surface area contributed by atoms with Gasteiger partial charge in [0.2, 0.25) is 6.79 Å². The molecule has 1 saturated carbocycles. The lowest BCUT2D eigenvalue weighted by Crippen LogP contribution is -2.54. The predicted octanol–water partition coefficient (Wildman–Crippen LogP) is 3.62. The number of benzene rings is 1. The molecule has 0 heterocycles. The lowest BCUT2D eigenvalue weighted by molar-refractivity contribution is -0.155. The molecule has 0 spiro atoms. The number of halogens is 1. The zero-order valence-corrected chi connectivity index (χ0v) is 17.9. The molecule has 1 aromatic carbocycles. The van der Waals surface area contributed by atoms with E-state index in [4.69, 9.17) is 26.8 Å². The van der Waals surface area contributed by atoms with Crippen molar-refractivity contribution in [2.45, 2.75) is 57.5 Å². The molecule has 1 amide bonds. The number of ether oxygens (including phenoxy) is 2. The molecular formula is C21H29ClN2O5. The first-order valence-corrected chi connectivity index (χ1v) is 10.2. The summed E-state index contributed by atoms with van der Waals surface area (Å²) in [6.45, 7) is 3.32. The van der Waals surface area contributed by atoms with E-state index in [0.717, 1.165) is 12.8 Å². The van der Waals surface area contributed by atoms with Gasteiger partial charge in [-0.15, -0.1) is 0 Å². The Morgan fingerprint density at radius 3 is 2.55 bits per heavy atom. The van der Waals surface area contributed by atoms with E-state index in [2.05, 4.69) is 0 Å². The first-order valence-electron chi connectivity index (χ1n) is 9.81. The summed E-state index contributed by atoms with van der Waals surface area (Å²) in [5.41, 5.74) is 5.13. The second-order valence-corrected chi connectivity index (χ2v) is 8.16. The molecule has 2 atom stereocenters. The number of likely N-dealkylation sites (N-methyl/N-ethyl adjacent to an activating group) is 1. The van der Waals surface area contributed by atoms with Crippen molar-refractivity contribution in [2.24, 2.45) is 11.7 Å². The van der Waals surface area contributed by atoms with Gasteiger partial charge in [-0.3, -0.25) is 14.5 Å². The van der Waals surface area contributed by atoms with Gasteiger partial charge in [0.15, 0.2) is 5.78 Å². The summed E-state index contributed by atoms with van der Waals surface area (Å²) in [5, 5.41) is 0.411. The standard InChI is InChI=1S/C21H29ClN2O5/c1-14(2)12-17(23)19(26)28-13-29-20(27)24(3)21(11-7-6-10-18(21)25)15-8-4-5-9-16(15)22/h4-5,8-9,14,17H,6-7,10-13,23H2,1-3H3/t17?,21-/m0/s1. The molecule has 0 aliphatic heterocycles. The van der Waals surface area contributed by atoms with Crippen molar-refractivity contribution in [3.05, 3.63) is 34.9 Å². The number of esters is 1. The Balaban J connectivity index is 2.11. The van der Waals surface area contributed by atoms with Crippen molar-refractivity contribution in [2.75, 3.05) is 13.8 Å². The van der Waals surface area contributed by atoms with Gasteiger partial charge in [0, 0.05) is 24.1 Å². The SMILES string of the molecule is CC(C)CC(N)C(=O)OCOC(=O)N(C)[C@]1(c2ccccc2Cl)CCCCC1=O. The number of carbonyl (C=O) groups is 3. The van der Waals surface area contributed by atoms with Crippen LogP contribution in [0.4, 0.5) is 4.79 Å². The Morgan fingerprint density at radius 2 is 1.93 bits per heavy atom. The highest BCUT2D eigenvalue weighted by molar-refractivity contribution is 6.31. The van der Waals surface area contributed by atoms with Crippen LogP contribution in [0, 0.1) is 5.92 Å². The number of carbonyl (C=O) groups excluding carboxylic acids is 3. The molecule has 1 fully saturated rings. The van der Waals surface area contributed by atoms with E-state index in [-0.39, 0.29) is 11.7 Å². The Bertz CT molecular complexity index is 754. The Kier molecular flexibility index (Phi) is 8.05. The largest absolute Gasteiger partial charge is 0.427 e. The third-order valence-electron chi connectivity index (χ3n) is 5.23. The van der Waals surface area contributed by atoms with Gasteiger partial charge < -0.3 is 15.2 Å². The second-order valence-electron chi connectivity index (χ2n) is 7.76. The minimum absolute atomic E-state index is 0.0905. The predicted molar refractivity (Wildman–Crippen MR) is 109 cm³/mol. The smallest absolute Gasteiger partial charge is 0.413 e. The highest BCUT2D eigenvalue weighted by Gasteiger charge is 2.48. The van der Waals surface area contributed by atoms with Crippen LogP contribution >= 0.6 is 11.6 Å². The lowest BCUT2D eigenvalue weighted by Gasteiger charge is -2.43. The number of hydrogen-bond acceptors (Lipinski definition) is 6. The number of hydrogen-bond donors (Lipinski definition) is 1. The molecule has 1 aliphatic carbocycles. The molecule has 2 N–H and O–H groups in total. The zero-order chi connectivity index (χ0) is 21.6. The number of amides is 1. The minimum atomic E-state index is -1.20. The molecule has 8 heteroatoms. The van der Waals surface area contributed by atoms with Gasteiger partial charge in [-0.1, -0.05) is 43.6 Å². The van der Waals surface area contributed by atoms with E-state index in [0.29, 0.717) is 29.8 Å². The number of nitrogens with two attached hydrogens (primary N) is 1. The third kappa shape index (κ3) is 5.28. The van der Waals surface area contributed by atoms with Crippen LogP contribution in [-0.4, -0.2) is 42.6 Å². The Morgan fingerprint density at radius 1 is 1.24 bits per heavy atom. The Hall–Kier alpha value is -2.12. The van der Waals surface area contributed by atoms with E-state index in [1.165, 1.54) is 11.9 Å². The molecule has 1 aromatic rings. The maximum Gasteiger partial charge on any atom is 0.413 e. The molecule has 0 bridgehead atoms. The van der Waals surface area contributed by atoms with Gasteiger partial charge in [-0.25, -0.2) is 4.79 Å². The van der Waals surface area contributed by atoms with Crippen molar-refractivity contribution in [3.8, 4) is 0 Å². The maximum atomic E-state index is 13.0. The molecule has 0 radical (unpaired) electrons. The molecule has 1 unspecified atom stereocenters. The summed E-state index contributed by atoms with van der Waals surface area (Å²) in [6, 6.07) is 6.21. The first kappa shape index (κ1) is 23.2. The van der Waals surface area contributed by atoms with Crippen LogP contribution in [0.1, 0.15) is 51.5 Å². The molecule has 160 valence electrons. The van der Waals surface area contributed by atoms with E-state index < -0.39 is 30.4 Å². The molecule has 0 aromatic heterocycles. The molecule has 0 saturated heterocycles. The van der Waals surface area contributed by atoms with Crippen LogP contribution in [-0.2, 0) is 24.6 Å². The van der Waals surface area contributed by atoms with Crippen LogP contribution in [0.25, 0.3) is 0 Å². The van der Waals surface area contributed by atoms with Crippen LogP contribution in [0.15, 0.2) is 24.3 Å².